The lowest BCUT2D eigenvalue weighted by Crippen LogP contribution is -2.37. The molecule has 0 unspecified atom stereocenters. The molecule has 4 aromatic rings. The lowest BCUT2D eigenvalue weighted by Gasteiger charge is -2.26. The molecule has 0 aliphatic carbocycles. The van der Waals surface area contributed by atoms with Gasteiger partial charge in [-0.2, -0.15) is 21.4 Å². The molecular weight excluding hydrogens is 437 g/mol. The second-order valence-electron chi connectivity index (χ2n) is 8.02. The van der Waals surface area contributed by atoms with Crippen molar-refractivity contribution in [3.63, 3.8) is 0 Å². The van der Waals surface area contributed by atoms with Gasteiger partial charge < -0.3 is 10.2 Å². The lowest BCUT2D eigenvalue weighted by atomic mass is 10.1. The maximum atomic E-state index is 14.4. The van der Waals surface area contributed by atoms with Gasteiger partial charge in [-0.05, 0) is 36.8 Å². The van der Waals surface area contributed by atoms with Gasteiger partial charge in [0, 0.05) is 53.9 Å². The van der Waals surface area contributed by atoms with Crippen molar-refractivity contribution in [2.45, 2.75) is 13.5 Å². The first-order chi connectivity index (χ1) is 16.1. The highest BCUT2D eigenvalue weighted by atomic mass is 32.2. The number of amides is 1. The van der Waals surface area contributed by atoms with Crippen LogP contribution in [0.5, 0.6) is 0 Å². The third kappa shape index (κ3) is 4.43. The molecule has 0 spiro atoms. The third-order valence-electron chi connectivity index (χ3n) is 5.77. The summed E-state index contributed by atoms with van der Waals surface area (Å²) in [5.41, 5.74) is 4.33. The Morgan fingerprint density at radius 3 is 2.64 bits per heavy atom. The average Bonchev–Trinajstić information content (AvgIpc) is 3.24. The molecule has 33 heavy (non-hydrogen) atoms. The van der Waals surface area contributed by atoms with E-state index >= 15 is 0 Å². The monoisotopic (exact) mass is 461 g/mol. The molecule has 1 N–H and O–H groups in total. The molecule has 2 aromatic carbocycles. The Morgan fingerprint density at radius 2 is 1.88 bits per heavy atom. The highest BCUT2D eigenvalue weighted by Crippen LogP contribution is 2.26. The Bertz CT molecular complexity index is 1300. The summed E-state index contributed by atoms with van der Waals surface area (Å²) in [5, 5.41) is 7.82. The zero-order chi connectivity index (χ0) is 22.8. The van der Waals surface area contributed by atoms with E-state index in [1.165, 1.54) is 6.07 Å². The van der Waals surface area contributed by atoms with Crippen molar-refractivity contribution in [2.24, 2.45) is 0 Å². The normalized spacial score (nSPS) is 13.9. The summed E-state index contributed by atoms with van der Waals surface area (Å²) in [5.74, 6) is 2.49. The number of aryl methyl sites for hydroxylation is 1. The number of anilines is 1. The van der Waals surface area contributed by atoms with Crippen LogP contribution >= 0.6 is 11.8 Å². The van der Waals surface area contributed by atoms with Crippen LogP contribution in [0, 0.1) is 12.7 Å². The molecule has 1 amide bonds. The Morgan fingerprint density at radius 1 is 1.12 bits per heavy atom. The van der Waals surface area contributed by atoms with Crippen LogP contribution in [0.2, 0.25) is 0 Å². The van der Waals surface area contributed by atoms with Crippen molar-refractivity contribution in [3.05, 3.63) is 83.3 Å². The number of thioether (sulfide) groups is 1. The van der Waals surface area contributed by atoms with E-state index in [2.05, 4.69) is 15.4 Å². The van der Waals surface area contributed by atoms with Crippen LogP contribution in [0.25, 0.3) is 16.9 Å². The van der Waals surface area contributed by atoms with Crippen molar-refractivity contribution in [1.82, 2.24) is 19.5 Å². The minimum Gasteiger partial charge on any atom is -0.366 e. The fraction of sp³-hybridized carbons (Fsp3) is 0.240. The van der Waals surface area contributed by atoms with Crippen LogP contribution < -0.4 is 5.32 Å². The van der Waals surface area contributed by atoms with Gasteiger partial charge in [0.25, 0.3) is 5.91 Å². The van der Waals surface area contributed by atoms with Gasteiger partial charge >= 0.3 is 0 Å². The van der Waals surface area contributed by atoms with Gasteiger partial charge in [0.2, 0.25) is 0 Å². The van der Waals surface area contributed by atoms with E-state index in [9.17, 15) is 9.18 Å². The van der Waals surface area contributed by atoms with Crippen LogP contribution in [0.3, 0.4) is 0 Å². The Hall–Kier alpha value is -3.39. The van der Waals surface area contributed by atoms with Crippen LogP contribution in [0.1, 0.15) is 21.5 Å². The van der Waals surface area contributed by atoms with E-state index in [1.807, 2.05) is 53.9 Å². The first kappa shape index (κ1) is 21.5. The molecular formula is C25H24FN5OS. The average molecular weight is 462 g/mol. The highest BCUT2D eigenvalue weighted by molar-refractivity contribution is 7.99. The summed E-state index contributed by atoms with van der Waals surface area (Å²) in [6, 6.07) is 16.1. The van der Waals surface area contributed by atoms with Gasteiger partial charge in [-0.25, -0.2) is 9.37 Å². The predicted molar refractivity (Wildman–Crippen MR) is 130 cm³/mol. The summed E-state index contributed by atoms with van der Waals surface area (Å²) in [7, 11) is 0. The second-order valence-corrected chi connectivity index (χ2v) is 9.25. The molecule has 1 saturated heterocycles. The Kier molecular flexibility index (Phi) is 6.00. The van der Waals surface area contributed by atoms with Crippen LogP contribution in [0.4, 0.5) is 10.2 Å². The topological polar surface area (TPSA) is 62.5 Å². The zero-order valence-electron chi connectivity index (χ0n) is 18.3. The number of nitrogens with zero attached hydrogens (tertiary/aromatic N) is 4. The molecule has 1 aliphatic rings. The zero-order valence-corrected chi connectivity index (χ0v) is 19.1. The summed E-state index contributed by atoms with van der Waals surface area (Å²) in [6.07, 6.45) is 1.75. The molecule has 3 heterocycles. The summed E-state index contributed by atoms with van der Waals surface area (Å²) in [6.45, 7) is 4.07. The van der Waals surface area contributed by atoms with E-state index < -0.39 is 0 Å². The number of aromatic nitrogens is 3. The number of fused-ring (bicyclic) bond motifs is 1. The van der Waals surface area contributed by atoms with Gasteiger partial charge in [-0.1, -0.05) is 24.3 Å². The summed E-state index contributed by atoms with van der Waals surface area (Å²) >= 11 is 1.89. The SMILES string of the molecule is Cc1cnn2c(NCc3ccc(C(=O)N4CCSCC4)cc3)cc(-c3ccccc3F)nc12. The molecule has 0 radical (unpaired) electrons. The quantitative estimate of drug-likeness (QED) is 0.469. The van der Waals surface area contributed by atoms with Gasteiger partial charge in [0.15, 0.2) is 5.65 Å². The smallest absolute Gasteiger partial charge is 0.253 e. The van der Waals surface area contributed by atoms with Crippen molar-refractivity contribution < 1.29 is 9.18 Å². The number of benzene rings is 2. The standard InChI is InChI=1S/C25H24FN5OS/c1-17-15-28-31-23(14-22(29-24(17)31)20-4-2-3-5-21(20)26)27-16-18-6-8-19(9-7-18)25(32)30-10-12-33-13-11-30/h2-9,14-15,27H,10-13,16H2,1H3. The fourth-order valence-corrected chi connectivity index (χ4v) is 4.82. The first-order valence-electron chi connectivity index (χ1n) is 10.9. The number of rotatable bonds is 5. The number of hydrogen-bond donors (Lipinski definition) is 1. The van der Waals surface area contributed by atoms with Gasteiger partial charge in [-0.15, -0.1) is 0 Å². The maximum absolute atomic E-state index is 14.4. The molecule has 0 saturated carbocycles. The minimum absolute atomic E-state index is 0.0900. The van der Waals surface area contributed by atoms with Crippen molar-refractivity contribution in [1.29, 1.82) is 0 Å². The van der Waals surface area contributed by atoms with Crippen molar-refractivity contribution in [3.8, 4) is 11.3 Å². The maximum Gasteiger partial charge on any atom is 0.253 e. The molecule has 1 aliphatic heterocycles. The third-order valence-corrected chi connectivity index (χ3v) is 6.71. The Labute approximate surface area is 195 Å². The van der Waals surface area contributed by atoms with Gasteiger partial charge in [0.05, 0.1) is 11.9 Å². The lowest BCUT2D eigenvalue weighted by molar-refractivity contribution is 0.0772. The second kappa shape index (κ2) is 9.23. The number of carbonyl (C=O) groups is 1. The van der Waals surface area contributed by atoms with E-state index in [4.69, 9.17) is 0 Å². The number of carbonyl (C=O) groups excluding carboxylic acids is 1. The molecule has 5 rings (SSSR count). The predicted octanol–water partition coefficient (Wildman–Crippen LogP) is 4.64. The van der Waals surface area contributed by atoms with E-state index in [1.54, 1.807) is 28.9 Å². The highest BCUT2D eigenvalue weighted by Gasteiger charge is 2.18. The largest absolute Gasteiger partial charge is 0.366 e. The van der Waals surface area contributed by atoms with Crippen LogP contribution in [-0.4, -0.2) is 50.0 Å². The van der Waals surface area contributed by atoms with Crippen LogP contribution in [0.15, 0.2) is 60.8 Å². The van der Waals surface area contributed by atoms with E-state index in [-0.39, 0.29) is 11.7 Å². The molecule has 0 atom stereocenters. The fourth-order valence-electron chi connectivity index (χ4n) is 3.91. The summed E-state index contributed by atoms with van der Waals surface area (Å²) in [4.78, 5) is 19.2. The number of nitrogens with one attached hydrogen (secondary N) is 1. The molecule has 2 aromatic heterocycles. The first-order valence-corrected chi connectivity index (χ1v) is 12.1. The van der Waals surface area contributed by atoms with E-state index in [0.29, 0.717) is 29.0 Å². The molecule has 6 nitrogen and oxygen atoms in total. The number of hydrogen-bond acceptors (Lipinski definition) is 5. The Balaban J connectivity index is 1.37. The van der Waals surface area contributed by atoms with Gasteiger partial charge in [0.1, 0.15) is 11.6 Å². The molecule has 1 fully saturated rings. The van der Waals surface area contributed by atoms with Crippen molar-refractivity contribution >= 4 is 29.1 Å². The number of halogens is 1. The van der Waals surface area contributed by atoms with Crippen LogP contribution in [-0.2, 0) is 6.54 Å². The summed E-state index contributed by atoms with van der Waals surface area (Å²) < 4.78 is 16.1. The molecule has 0 bridgehead atoms. The molecule has 8 heteroatoms. The minimum atomic E-state index is -0.315. The van der Waals surface area contributed by atoms with Crippen molar-refractivity contribution in [2.75, 3.05) is 29.9 Å². The van der Waals surface area contributed by atoms with E-state index in [0.717, 1.165) is 41.5 Å². The van der Waals surface area contributed by atoms with Gasteiger partial charge in [-0.3, -0.25) is 4.79 Å². The molecule has 168 valence electrons.